The van der Waals surface area contributed by atoms with Gasteiger partial charge in [0, 0.05) is 25.5 Å². The number of amidine groups is 1. The van der Waals surface area contributed by atoms with Gasteiger partial charge >= 0.3 is 0 Å². The lowest BCUT2D eigenvalue weighted by atomic mass is 9.81. The molecule has 0 bridgehead atoms. The minimum absolute atomic E-state index is 0.511. The van der Waals surface area contributed by atoms with Gasteiger partial charge in [-0.3, -0.25) is 14.9 Å². The van der Waals surface area contributed by atoms with E-state index in [1.807, 2.05) is 35.2 Å². The molecule has 1 aromatic heterocycles. The Balaban J connectivity index is 1.72. The van der Waals surface area contributed by atoms with E-state index in [1.165, 1.54) is 0 Å². The van der Waals surface area contributed by atoms with Crippen LogP contribution in [0.4, 0.5) is 0 Å². The fraction of sp³-hybridized carbons (Fsp3) is 0.208. The molecule has 6 heteroatoms. The summed E-state index contributed by atoms with van der Waals surface area (Å²) in [7, 11) is 1.68. The van der Waals surface area contributed by atoms with Crippen LogP contribution in [0.5, 0.6) is 5.75 Å². The first-order valence-corrected chi connectivity index (χ1v) is 10.1. The van der Waals surface area contributed by atoms with Gasteiger partial charge in [0.1, 0.15) is 11.6 Å². The molecule has 1 atom stereocenters. The Hall–Kier alpha value is -3.67. The molecule has 0 amide bonds. The third-order valence-electron chi connectivity index (χ3n) is 5.72. The van der Waals surface area contributed by atoms with Crippen LogP contribution in [-0.2, 0) is 5.54 Å². The van der Waals surface area contributed by atoms with Crippen LogP contribution in [0.25, 0.3) is 11.1 Å². The van der Waals surface area contributed by atoms with Crippen molar-refractivity contribution in [2.24, 2.45) is 15.7 Å². The molecule has 3 aromatic rings. The summed E-state index contributed by atoms with van der Waals surface area (Å²) in [6, 6.07) is 20.5. The van der Waals surface area contributed by atoms with Crippen molar-refractivity contribution in [1.82, 2.24) is 9.88 Å². The number of hydrogen-bond donors (Lipinski definition) is 1. The molecule has 3 heterocycles. The van der Waals surface area contributed by atoms with Gasteiger partial charge in [-0.15, -0.1) is 0 Å². The lowest BCUT2D eigenvalue weighted by Gasteiger charge is -2.33. The van der Waals surface area contributed by atoms with Gasteiger partial charge in [-0.05, 0) is 59.0 Å². The molecular formula is C24H23N5O. The molecule has 0 saturated carbocycles. The molecule has 6 nitrogen and oxygen atoms in total. The number of hydrogen-bond acceptors (Lipinski definition) is 6. The molecular weight excluding hydrogens is 374 g/mol. The monoisotopic (exact) mass is 397 g/mol. The van der Waals surface area contributed by atoms with E-state index in [0.29, 0.717) is 5.96 Å². The van der Waals surface area contributed by atoms with Crippen LogP contribution in [0.2, 0.25) is 0 Å². The lowest BCUT2D eigenvalue weighted by molar-refractivity contribution is 0.415. The van der Waals surface area contributed by atoms with E-state index in [4.69, 9.17) is 20.5 Å². The standard InChI is InChI=1S/C24H23N5O/c1-30-21-8-3-6-18(16-21)17-5-2-7-20(15-17)24(19-9-12-26-13-10-19)22-27-11-4-14-29(22)23(25)28-24/h2-3,5-10,12-13,15-16H,4,11,14H2,1H3,(H2,25,28). The summed E-state index contributed by atoms with van der Waals surface area (Å²) < 4.78 is 5.41. The average molecular weight is 397 g/mol. The number of fused-ring (bicyclic) bond motifs is 1. The van der Waals surface area contributed by atoms with Crippen molar-refractivity contribution < 1.29 is 4.74 Å². The van der Waals surface area contributed by atoms with Crippen LogP contribution >= 0.6 is 0 Å². The molecule has 30 heavy (non-hydrogen) atoms. The number of benzene rings is 2. The number of nitrogens with two attached hydrogens (primary N) is 1. The highest BCUT2D eigenvalue weighted by atomic mass is 16.5. The second-order valence-corrected chi connectivity index (χ2v) is 7.44. The van der Waals surface area contributed by atoms with Crippen molar-refractivity contribution in [2.45, 2.75) is 12.0 Å². The minimum atomic E-state index is -0.775. The first-order valence-electron chi connectivity index (χ1n) is 10.1. The number of nitrogens with zero attached hydrogens (tertiary/aromatic N) is 4. The quantitative estimate of drug-likeness (QED) is 0.732. The molecule has 0 fully saturated rings. The van der Waals surface area contributed by atoms with Gasteiger partial charge in [0.25, 0.3) is 0 Å². The molecule has 0 spiro atoms. The molecule has 0 radical (unpaired) electrons. The Bertz CT molecular complexity index is 1140. The van der Waals surface area contributed by atoms with Crippen LogP contribution < -0.4 is 10.5 Å². The van der Waals surface area contributed by atoms with E-state index in [0.717, 1.165) is 53.3 Å². The highest BCUT2D eigenvalue weighted by molar-refractivity contribution is 6.12. The van der Waals surface area contributed by atoms with E-state index in [9.17, 15) is 0 Å². The Labute approximate surface area is 175 Å². The summed E-state index contributed by atoms with van der Waals surface area (Å²) in [6.45, 7) is 1.60. The molecule has 2 N–H and O–H groups in total. The molecule has 5 rings (SSSR count). The van der Waals surface area contributed by atoms with Crippen molar-refractivity contribution in [3.05, 3.63) is 84.2 Å². The summed E-state index contributed by atoms with van der Waals surface area (Å²) >= 11 is 0. The summed E-state index contributed by atoms with van der Waals surface area (Å²) in [4.78, 5) is 16.1. The van der Waals surface area contributed by atoms with Gasteiger partial charge in [0.05, 0.1) is 7.11 Å². The van der Waals surface area contributed by atoms with Crippen LogP contribution in [0.1, 0.15) is 17.5 Å². The predicted octanol–water partition coefficient (Wildman–Crippen LogP) is 3.43. The van der Waals surface area contributed by atoms with Crippen LogP contribution in [0.15, 0.2) is 83.0 Å². The summed E-state index contributed by atoms with van der Waals surface area (Å²) in [5, 5.41) is 0. The molecule has 2 aromatic carbocycles. The molecule has 2 aliphatic rings. The van der Waals surface area contributed by atoms with E-state index in [-0.39, 0.29) is 0 Å². The Morgan fingerprint density at radius 3 is 2.53 bits per heavy atom. The molecule has 0 saturated heterocycles. The highest BCUT2D eigenvalue weighted by Crippen LogP contribution is 2.42. The van der Waals surface area contributed by atoms with Gasteiger partial charge in [0.2, 0.25) is 0 Å². The zero-order chi connectivity index (χ0) is 20.6. The van der Waals surface area contributed by atoms with Crippen molar-refractivity contribution in [3.8, 4) is 16.9 Å². The number of ether oxygens (including phenoxy) is 1. The van der Waals surface area contributed by atoms with Crippen molar-refractivity contribution >= 4 is 11.8 Å². The van der Waals surface area contributed by atoms with E-state index in [1.54, 1.807) is 19.5 Å². The Morgan fingerprint density at radius 2 is 1.73 bits per heavy atom. The number of methoxy groups -OCH3 is 1. The predicted molar refractivity (Wildman–Crippen MR) is 119 cm³/mol. The van der Waals surface area contributed by atoms with E-state index < -0.39 is 5.54 Å². The SMILES string of the molecule is COc1cccc(-c2cccc(C3(c4ccncc4)N=C(N)N4CCCN=C43)c2)c1. The topological polar surface area (TPSA) is 76.1 Å². The van der Waals surface area contributed by atoms with Gasteiger partial charge in [-0.1, -0.05) is 30.3 Å². The summed E-state index contributed by atoms with van der Waals surface area (Å²) in [5.41, 5.74) is 9.82. The fourth-order valence-electron chi connectivity index (χ4n) is 4.29. The normalized spacial score (nSPS) is 20.4. The van der Waals surface area contributed by atoms with Crippen molar-refractivity contribution in [3.63, 3.8) is 0 Å². The minimum Gasteiger partial charge on any atom is -0.497 e. The number of rotatable bonds is 4. The Kier molecular flexibility index (Phi) is 4.47. The van der Waals surface area contributed by atoms with Gasteiger partial charge < -0.3 is 10.5 Å². The molecule has 2 aliphatic heterocycles. The fourth-order valence-corrected chi connectivity index (χ4v) is 4.29. The maximum atomic E-state index is 6.39. The Morgan fingerprint density at radius 1 is 0.967 bits per heavy atom. The summed E-state index contributed by atoms with van der Waals surface area (Å²) in [5.74, 6) is 2.23. The zero-order valence-corrected chi connectivity index (χ0v) is 16.8. The molecule has 0 aliphatic carbocycles. The first-order chi connectivity index (χ1) is 14.7. The maximum absolute atomic E-state index is 6.39. The third-order valence-corrected chi connectivity index (χ3v) is 5.72. The smallest absolute Gasteiger partial charge is 0.198 e. The maximum Gasteiger partial charge on any atom is 0.198 e. The average Bonchev–Trinajstić information content (AvgIpc) is 3.13. The van der Waals surface area contributed by atoms with E-state index in [2.05, 4.69) is 35.3 Å². The third kappa shape index (κ3) is 2.84. The number of aromatic nitrogens is 1. The van der Waals surface area contributed by atoms with Crippen molar-refractivity contribution in [1.29, 1.82) is 0 Å². The second kappa shape index (κ2) is 7.30. The first kappa shape index (κ1) is 18.4. The molecule has 1 unspecified atom stereocenters. The number of aliphatic imine (C=N–C) groups is 2. The molecule has 150 valence electrons. The number of pyridine rings is 1. The van der Waals surface area contributed by atoms with Gasteiger partial charge in [-0.2, -0.15) is 0 Å². The van der Waals surface area contributed by atoms with Crippen molar-refractivity contribution in [2.75, 3.05) is 20.2 Å². The van der Waals surface area contributed by atoms with Crippen LogP contribution in [0.3, 0.4) is 0 Å². The van der Waals surface area contributed by atoms with E-state index >= 15 is 0 Å². The van der Waals surface area contributed by atoms with Gasteiger partial charge in [-0.25, -0.2) is 4.99 Å². The second-order valence-electron chi connectivity index (χ2n) is 7.44. The van der Waals surface area contributed by atoms with Crippen LogP contribution in [0, 0.1) is 0 Å². The largest absolute Gasteiger partial charge is 0.497 e. The summed E-state index contributed by atoms with van der Waals surface area (Å²) in [6.07, 6.45) is 4.55. The lowest BCUT2D eigenvalue weighted by Crippen LogP contribution is -2.46. The highest BCUT2D eigenvalue weighted by Gasteiger charge is 2.49. The van der Waals surface area contributed by atoms with Gasteiger partial charge in [0.15, 0.2) is 11.5 Å². The zero-order valence-electron chi connectivity index (χ0n) is 16.8. The van der Waals surface area contributed by atoms with Crippen LogP contribution in [-0.4, -0.2) is 41.9 Å². The number of guanidine groups is 1.